The number of nitrogens with one attached hydrogen (secondary N) is 1. The molecule has 0 atom stereocenters. The number of hydrogen-bond acceptors (Lipinski definition) is 6. The largest absolute Gasteiger partial charge is 0.433 e. The number of furan rings is 1. The van der Waals surface area contributed by atoms with Crippen LogP contribution in [0.4, 0.5) is 5.88 Å². The molecule has 132 valence electrons. The van der Waals surface area contributed by atoms with Crippen LogP contribution in [-0.4, -0.2) is 48.4 Å². The van der Waals surface area contributed by atoms with Crippen molar-refractivity contribution < 1.29 is 22.6 Å². The van der Waals surface area contributed by atoms with Gasteiger partial charge in [-0.1, -0.05) is 0 Å². The van der Waals surface area contributed by atoms with Crippen LogP contribution < -0.4 is 5.32 Å². The smallest absolute Gasteiger partial charge is 0.395 e. The van der Waals surface area contributed by atoms with Crippen LogP contribution in [0.1, 0.15) is 36.2 Å². The number of carbonyl (C=O) groups excluding carboxylic acids is 1. The summed E-state index contributed by atoms with van der Waals surface area (Å²) in [7, 11) is -3.12. The van der Waals surface area contributed by atoms with Crippen molar-refractivity contribution in [2.24, 2.45) is 5.92 Å². The molecule has 3 rings (SSSR count). The van der Waals surface area contributed by atoms with Gasteiger partial charge in [-0.25, -0.2) is 12.7 Å². The van der Waals surface area contributed by atoms with Crippen molar-refractivity contribution in [3.8, 4) is 0 Å². The van der Waals surface area contributed by atoms with Crippen LogP contribution in [0.15, 0.2) is 16.5 Å². The average Bonchev–Trinajstić information content (AvgIpc) is 3.30. The number of piperidine rings is 1. The van der Waals surface area contributed by atoms with Crippen LogP contribution in [-0.2, 0) is 10.0 Å². The van der Waals surface area contributed by atoms with Crippen LogP contribution in [0.25, 0.3) is 0 Å². The fraction of sp³-hybridized carbons (Fsp3) is 0.643. The number of carbonyl (C=O) groups is 1. The zero-order valence-corrected chi connectivity index (χ0v) is 13.8. The van der Waals surface area contributed by atoms with Gasteiger partial charge in [0.15, 0.2) is 5.76 Å². The Morgan fingerprint density at radius 1 is 1.29 bits per heavy atom. The van der Waals surface area contributed by atoms with Crippen LogP contribution in [0.5, 0.6) is 0 Å². The number of rotatable bonds is 6. The normalized spacial score (nSPS) is 20.0. The van der Waals surface area contributed by atoms with Crippen molar-refractivity contribution in [2.45, 2.75) is 30.9 Å². The molecule has 1 aromatic heterocycles. The quantitative estimate of drug-likeness (QED) is 0.601. The lowest BCUT2D eigenvalue weighted by atomic mass is 9.98. The molecule has 0 aromatic carbocycles. The molecule has 2 heterocycles. The Balaban J connectivity index is 1.46. The van der Waals surface area contributed by atoms with Gasteiger partial charge in [0.2, 0.25) is 10.0 Å². The van der Waals surface area contributed by atoms with E-state index >= 15 is 0 Å². The third kappa shape index (κ3) is 3.59. The van der Waals surface area contributed by atoms with Gasteiger partial charge in [-0.05, 0) is 37.7 Å². The standard InChI is InChI=1S/C14H19N3O6S/c18-14(12-3-4-13(23-12)17(19)20)15-9-10-5-7-16(8-6-10)24(21,22)11-1-2-11/h3-4,10-11H,1-2,5-9H2,(H,15,18). The summed E-state index contributed by atoms with van der Waals surface area (Å²) in [5.74, 6) is -0.894. The molecule has 0 spiro atoms. The molecule has 1 amide bonds. The van der Waals surface area contributed by atoms with E-state index in [0.717, 1.165) is 18.9 Å². The Kier molecular flexibility index (Phi) is 4.59. The Hall–Kier alpha value is -1.94. The highest BCUT2D eigenvalue weighted by Crippen LogP contribution is 2.33. The molecule has 1 saturated heterocycles. The molecule has 9 nitrogen and oxygen atoms in total. The summed E-state index contributed by atoms with van der Waals surface area (Å²) in [5, 5.41) is 13.0. The van der Waals surface area contributed by atoms with Gasteiger partial charge >= 0.3 is 5.88 Å². The lowest BCUT2D eigenvalue weighted by Crippen LogP contribution is -2.42. The van der Waals surface area contributed by atoms with Crippen LogP contribution in [0.2, 0.25) is 0 Å². The third-order valence-electron chi connectivity index (χ3n) is 4.43. The first-order valence-electron chi connectivity index (χ1n) is 7.89. The Bertz CT molecular complexity index is 731. The molecule has 1 N–H and O–H groups in total. The second-order valence-electron chi connectivity index (χ2n) is 6.19. The zero-order valence-electron chi connectivity index (χ0n) is 13.0. The summed E-state index contributed by atoms with van der Waals surface area (Å²) in [6.07, 6.45) is 2.89. The number of sulfonamides is 1. The second kappa shape index (κ2) is 6.52. The summed E-state index contributed by atoms with van der Waals surface area (Å²) < 4.78 is 30.7. The number of nitrogens with zero attached hydrogens (tertiary/aromatic N) is 2. The molecule has 1 aliphatic heterocycles. The number of hydrogen-bond donors (Lipinski definition) is 1. The van der Waals surface area contributed by atoms with E-state index in [4.69, 9.17) is 4.42 Å². The molecule has 2 fully saturated rings. The Morgan fingerprint density at radius 2 is 1.96 bits per heavy atom. The fourth-order valence-corrected chi connectivity index (χ4v) is 4.69. The van der Waals surface area contributed by atoms with Crippen molar-refractivity contribution in [3.63, 3.8) is 0 Å². The molecule has 1 saturated carbocycles. The molecule has 1 aromatic rings. The summed E-state index contributed by atoms with van der Waals surface area (Å²) >= 11 is 0. The van der Waals surface area contributed by atoms with E-state index in [2.05, 4.69) is 5.32 Å². The maximum absolute atomic E-state index is 12.2. The molecule has 10 heteroatoms. The maximum Gasteiger partial charge on any atom is 0.433 e. The molecule has 1 aliphatic carbocycles. The highest BCUT2D eigenvalue weighted by molar-refractivity contribution is 7.90. The molecular weight excluding hydrogens is 338 g/mol. The maximum atomic E-state index is 12.2. The minimum Gasteiger partial charge on any atom is -0.395 e. The van der Waals surface area contributed by atoms with Gasteiger partial charge in [-0.3, -0.25) is 14.9 Å². The molecular formula is C14H19N3O6S. The van der Waals surface area contributed by atoms with E-state index in [1.54, 1.807) is 4.31 Å². The van der Waals surface area contributed by atoms with Gasteiger partial charge < -0.3 is 9.73 Å². The Morgan fingerprint density at radius 3 is 2.50 bits per heavy atom. The topological polar surface area (TPSA) is 123 Å². The lowest BCUT2D eigenvalue weighted by Gasteiger charge is -2.31. The van der Waals surface area contributed by atoms with E-state index in [-0.39, 0.29) is 16.9 Å². The van der Waals surface area contributed by atoms with E-state index in [1.807, 2.05) is 0 Å². The number of amides is 1. The predicted octanol–water partition coefficient (Wildman–Crippen LogP) is 1.12. The summed E-state index contributed by atoms with van der Waals surface area (Å²) in [5.41, 5.74) is 0. The van der Waals surface area contributed by atoms with Crippen molar-refractivity contribution in [1.82, 2.24) is 9.62 Å². The first-order chi connectivity index (χ1) is 11.4. The molecule has 24 heavy (non-hydrogen) atoms. The van der Waals surface area contributed by atoms with E-state index in [9.17, 15) is 23.3 Å². The third-order valence-corrected chi connectivity index (χ3v) is 6.82. The monoisotopic (exact) mass is 357 g/mol. The minimum atomic E-state index is -3.12. The highest BCUT2D eigenvalue weighted by atomic mass is 32.2. The molecule has 0 radical (unpaired) electrons. The first-order valence-corrected chi connectivity index (χ1v) is 9.39. The number of nitro groups is 1. The lowest BCUT2D eigenvalue weighted by molar-refractivity contribution is -0.402. The van der Waals surface area contributed by atoms with E-state index in [0.29, 0.717) is 32.5 Å². The van der Waals surface area contributed by atoms with Crippen LogP contribution in [0.3, 0.4) is 0 Å². The SMILES string of the molecule is O=C(NCC1CCN(S(=O)(=O)C2CC2)CC1)c1ccc([N+](=O)[O-])o1. The first kappa shape index (κ1) is 16.9. The summed E-state index contributed by atoms with van der Waals surface area (Å²) in [6, 6.07) is 2.40. The summed E-state index contributed by atoms with van der Waals surface area (Å²) in [4.78, 5) is 21.7. The fourth-order valence-electron chi connectivity index (χ4n) is 2.82. The van der Waals surface area contributed by atoms with Crippen LogP contribution in [0, 0.1) is 16.0 Å². The second-order valence-corrected chi connectivity index (χ2v) is 8.40. The molecule has 0 unspecified atom stereocenters. The van der Waals surface area contributed by atoms with Gasteiger partial charge in [0.05, 0.1) is 11.3 Å². The van der Waals surface area contributed by atoms with Crippen molar-refractivity contribution in [2.75, 3.05) is 19.6 Å². The van der Waals surface area contributed by atoms with Gasteiger partial charge in [0, 0.05) is 19.6 Å². The van der Waals surface area contributed by atoms with Gasteiger partial charge in [0.25, 0.3) is 5.91 Å². The minimum absolute atomic E-state index is 0.101. The highest BCUT2D eigenvalue weighted by Gasteiger charge is 2.41. The van der Waals surface area contributed by atoms with E-state index < -0.39 is 26.7 Å². The summed E-state index contributed by atoms with van der Waals surface area (Å²) in [6.45, 7) is 1.35. The van der Waals surface area contributed by atoms with Gasteiger partial charge in [-0.2, -0.15) is 0 Å². The predicted molar refractivity (Wildman–Crippen MR) is 83.9 cm³/mol. The van der Waals surface area contributed by atoms with Crippen molar-refractivity contribution in [3.05, 3.63) is 28.0 Å². The van der Waals surface area contributed by atoms with Gasteiger partial charge in [-0.15, -0.1) is 0 Å². The average molecular weight is 357 g/mol. The van der Waals surface area contributed by atoms with Gasteiger partial charge in [0.1, 0.15) is 4.92 Å². The van der Waals surface area contributed by atoms with Crippen molar-refractivity contribution >= 4 is 21.8 Å². The molecule has 2 aliphatic rings. The van der Waals surface area contributed by atoms with Crippen LogP contribution >= 0.6 is 0 Å². The molecule has 0 bridgehead atoms. The zero-order chi connectivity index (χ0) is 17.3. The van der Waals surface area contributed by atoms with Crippen molar-refractivity contribution in [1.29, 1.82) is 0 Å². The van der Waals surface area contributed by atoms with E-state index in [1.165, 1.54) is 6.07 Å². The Labute approximate surface area is 139 Å².